The zero-order valence-electron chi connectivity index (χ0n) is 16.8. The highest BCUT2D eigenvalue weighted by Gasteiger charge is 2.24. The van der Waals surface area contributed by atoms with Crippen molar-refractivity contribution in [2.45, 2.75) is 19.4 Å². The summed E-state index contributed by atoms with van der Waals surface area (Å²) in [5.74, 6) is 1.14. The Balaban J connectivity index is 1.35. The second kappa shape index (κ2) is 8.55. The Morgan fingerprint density at radius 3 is 2.34 bits per heavy atom. The lowest BCUT2D eigenvalue weighted by atomic mass is 10.1. The van der Waals surface area contributed by atoms with Crippen LogP contribution >= 0.6 is 0 Å². The van der Waals surface area contributed by atoms with E-state index in [4.69, 9.17) is 4.74 Å². The highest BCUT2D eigenvalue weighted by molar-refractivity contribution is 5.94. The fourth-order valence-electron chi connectivity index (χ4n) is 4.07. The predicted octanol–water partition coefficient (Wildman–Crippen LogP) is 2.78. The molecule has 0 bridgehead atoms. The number of para-hydroxylation sites is 2. The van der Waals surface area contributed by atoms with Crippen molar-refractivity contribution in [3.8, 4) is 5.75 Å². The van der Waals surface area contributed by atoms with Crippen LogP contribution in [0.15, 0.2) is 48.5 Å². The van der Waals surface area contributed by atoms with Crippen molar-refractivity contribution in [3.63, 3.8) is 0 Å². The fourth-order valence-corrected chi connectivity index (χ4v) is 4.07. The first-order valence-electron chi connectivity index (χ1n) is 10.2. The number of hydrogen-bond acceptors (Lipinski definition) is 4. The third-order valence-electron chi connectivity index (χ3n) is 5.74. The van der Waals surface area contributed by atoms with Gasteiger partial charge in [0.2, 0.25) is 5.91 Å². The monoisotopic (exact) mass is 393 g/mol. The van der Waals surface area contributed by atoms with Crippen molar-refractivity contribution in [2.75, 3.05) is 44.7 Å². The van der Waals surface area contributed by atoms with Gasteiger partial charge in [-0.1, -0.05) is 24.3 Å². The molecule has 2 heterocycles. The van der Waals surface area contributed by atoms with Crippen LogP contribution < -0.4 is 9.64 Å². The van der Waals surface area contributed by atoms with E-state index in [0.29, 0.717) is 31.6 Å². The van der Waals surface area contributed by atoms with Crippen LogP contribution in [0.2, 0.25) is 0 Å². The smallest absolute Gasteiger partial charge is 0.253 e. The van der Waals surface area contributed by atoms with Gasteiger partial charge in [-0.25, -0.2) is 0 Å². The maximum atomic E-state index is 12.9. The number of nitrogens with zero attached hydrogens (tertiary/aromatic N) is 3. The van der Waals surface area contributed by atoms with Crippen molar-refractivity contribution in [1.82, 2.24) is 9.80 Å². The minimum absolute atomic E-state index is 0.0634. The van der Waals surface area contributed by atoms with E-state index < -0.39 is 0 Å². The summed E-state index contributed by atoms with van der Waals surface area (Å²) in [6.07, 6.45) is 1.59. The van der Waals surface area contributed by atoms with Gasteiger partial charge in [-0.15, -0.1) is 0 Å². The molecule has 0 aliphatic carbocycles. The Labute approximate surface area is 171 Å². The summed E-state index contributed by atoms with van der Waals surface area (Å²) in [6, 6.07) is 15.7. The molecule has 0 N–H and O–H groups in total. The minimum atomic E-state index is 0.0634. The zero-order valence-corrected chi connectivity index (χ0v) is 16.8. The van der Waals surface area contributed by atoms with Crippen molar-refractivity contribution in [1.29, 1.82) is 0 Å². The molecule has 2 aromatic rings. The molecule has 6 heteroatoms. The molecule has 6 nitrogen and oxygen atoms in total. The maximum Gasteiger partial charge on any atom is 0.253 e. The number of benzene rings is 2. The molecule has 2 saturated heterocycles. The minimum Gasteiger partial charge on any atom is -0.495 e. The van der Waals surface area contributed by atoms with Crippen LogP contribution in [-0.2, 0) is 11.3 Å². The number of piperazine rings is 1. The molecule has 152 valence electrons. The number of carbonyl (C=O) groups excluding carboxylic acids is 2. The van der Waals surface area contributed by atoms with Crippen LogP contribution in [0.5, 0.6) is 5.75 Å². The Bertz CT molecular complexity index is 873. The number of hydrogen-bond donors (Lipinski definition) is 0. The summed E-state index contributed by atoms with van der Waals surface area (Å²) in [5, 5.41) is 0. The van der Waals surface area contributed by atoms with Crippen LogP contribution in [0.3, 0.4) is 0 Å². The van der Waals surface area contributed by atoms with Crippen molar-refractivity contribution in [3.05, 3.63) is 59.7 Å². The predicted molar refractivity (Wildman–Crippen MR) is 112 cm³/mol. The second-order valence-corrected chi connectivity index (χ2v) is 7.57. The molecule has 0 aromatic heterocycles. The Morgan fingerprint density at radius 1 is 0.966 bits per heavy atom. The van der Waals surface area contributed by atoms with Crippen LogP contribution in [-0.4, -0.2) is 61.4 Å². The standard InChI is InChI=1S/C23H27N3O3/c1-29-21-6-3-2-5-20(21)24-13-15-25(16-14-24)23(28)19-10-8-18(9-11-19)17-26-12-4-7-22(26)27/h2-3,5-6,8-11H,4,7,12-17H2,1H3. The van der Waals surface area contributed by atoms with Gasteiger partial charge in [0, 0.05) is 51.3 Å². The number of amides is 2. The van der Waals surface area contributed by atoms with Gasteiger partial charge in [-0.2, -0.15) is 0 Å². The molecule has 29 heavy (non-hydrogen) atoms. The van der Waals surface area contributed by atoms with E-state index in [0.717, 1.165) is 43.1 Å². The molecule has 2 aromatic carbocycles. The molecule has 0 unspecified atom stereocenters. The fraction of sp³-hybridized carbons (Fsp3) is 0.391. The van der Waals surface area contributed by atoms with Crippen LogP contribution in [0, 0.1) is 0 Å². The summed E-state index contributed by atoms with van der Waals surface area (Å²) in [4.78, 5) is 30.7. The molecule has 2 aliphatic rings. The van der Waals surface area contributed by atoms with Crippen molar-refractivity contribution < 1.29 is 14.3 Å². The topological polar surface area (TPSA) is 53.1 Å². The summed E-state index contributed by atoms with van der Waals surface area (Å²) >= 11 is 0. The molecule has 4 rings (SSSR count). The first-order chi connectivity index (χ1) is 14.2. The Hall–Kier alpha value is -3.02. The lowest BCUT2D eigenvalue weighted by Gasteiger charge is -2.36. The quantitative estimate of drug-likeness (QED) is 0.784. The number of anilines is 1. The lowest BCUT2D eigenvalue weighted by molar-refractivity contribution is -0.128. The van der Waals surface area contributed by atoms with Gasteiger partial charge < -0.3 is 19.4 Å². The molecular formula is C23H27N3O3. The third-order valence-corrected chi connectivity index (χ3v) is 5.74. The SMILES string of the molecule is COc1ccccc1N1CCN(C(=O)c2ccc(CN3CCCC3=O)cc2)CC1. The summed E-state index contributed by atoms with van der Waals surface area (Å²) < 4.78 is 5.46. The lowest BCUT2D eigenvalue weighted by Crippen LogP contribution is -2.48. The van der Waals surface area contributed by atoms with Gasteiger partial charge >= 0.3 is 0 Å². The van der Waals surface area contributed by atoms with Gasteiger partial charge in [-0.05, 0) is 36.2 Å². The Morgan fingerprint density at radius 2 is 1.69 bits per heavy atom. The van der Waals surface area contributed by atoms with Gasteiger partial charge in [-0.3, -0.25) is 9.59 Å². The van der Waals surface area contributed by atoms with E-state index in [2.05, 4.69) is 11.0 Å². The second-order valence-electron chi connectivity index (χ2n) is 7.57. The Kier molecular flexibility index (Phi) is 5.69. The normalized spacial score (nSPS) is 17.0. The van der Waals surface area contributed by atoms with E-state index in [1.807, 2.05) is 52.3 Å². The van der Waals surface area contributed by atoms with Crippen LogP contribution in [0.25, 0.3) is 0 Å². The number of rotatable bonds is 5. The van der Waals surface area contributed by atoms with E-state index in [9.17, 15) is 9.59 Å². The first kappa shape index (κ1) is 19.3. The highest BCUT2D eigenvalue weighted by Crippen LogP contribution is 2.28. The molecule has 2 amide bonds. The molecule has 0 radical (unpaired) electrons. The molecule has 0 spiro atoms. The number of methoxy groups -OCH3 is 1. The van der Waals surface area contributed by atoms with E-state index in [1.165, 1.54) is 0 Å². The molecular weight excluding hydrogens is 366 g/mol. The van der Waals surface area contributed by atoms with E-state index >= 15 is 0 Å². The summed E-state index contributed by atoms with van der Waals surface area (Å²) in [6.45, 7) is 4.38. The zero-order chi connectivity index (χ0) is 20.2. The van der Waals surface area contributed by atoms with Gasteiger partial charge in [0.1, 0.15) is 5.75 Å². The van der Waals surface area contributed by atoms with E-state index in [-0.39, 0.29) is 11.8 Å². The van der Waals surface area contributed by atoms with Crippen molar-refractivity contribution in [2.24, 2.45) is 0 Å². The number of ether oxygens (including phenoxy) is 1. The maximum absolute atomic E-state index is 12.9. The van der Waals surface area contributed by atoms with Gasteiger partial charge in [0.15, 0.2) is 0 Å². The molecule has 2 aliphatic heterocycles. The summed E-state index contributed by atoms with van der Waals surface area (Å²) in [7, 11) is 1.68. The molecule has 2 fully saturated rings. The van der Waals surface area contributed by atoms with Crippen LogP contribution in [0.4, 0.5) is 5.69 Å². The molecule has 0 saturated carbocycles. The number of carbonyl (C=O) groups is 2. The number of likely N-dealkylation sites (tertiary alicyclic amines) is 1. The first-order valence-corrected chi connectivity index (χ1v) is 10.2. The van der Waals surface area contributed by atoms with Crippen molar-refractivity contribution >= 4 is 17.5 Å². The van der Waals surface area contributed by atoms with Gasteiger partial charge in [0.05, 0.1) is 12.8 Å². The van der Waals surface area contributed by atoms with E-state index in [1.54, 1.807) is 7.11 Å². The average molecular weight is 393 g/mol. The highest BCUT2D eigenvalue weighted by atomic mass is 16.5. The van der Waals surface area contributed by atoms with Gasteiger partial charge in [0.25, 0.3) is 5.91 Å². The largest absolute Gasteiger partial charge is 0.495 e. The van der Waals surface area contributed by atoms with Crippen LogP contribution in [0.1, 0.15) is 28.8 Å². The average Bonchev–Trinajstić information content (AvgIpc) is 3.18. The third kappa shape index (κ3) is 4.21. The molecule has 0 atom stereocenters. The summed E-state index contributed by atoms with van der Waals surface area (Å²) in [5.41, 5.74) is 2.84.